The van der Waals surface area contributed by atoms with Crippen molar-refractivity contribution in [1.29, 1.82) is 0 Å². The average molecular weight is 275 g/mol. The van der Waals surface area contributed by atoms with E-state index in [1.165, 1.54) is 0 Å². The topological polar surface area (TPSA) is 80.8 Å². The molecule has 1 aliphatic heterocycles. The molecule has 102 valence electrons. The van der Waals surface area contributed by atoms with E-state index in [1.807, 2.05) is 0 Å². The van der Waals surface area contributed by atoms with E-state index in [0.717, 1.165) is 0 Å². The SMILES string of the molecule is C=C(CON1C(=O)CCC1=O)S(=O)(=O)C(C)(C)C. The summed E-state index contributed by atoms with van der Waals surface area (Å²) in [6, 6.07) is 0. The van der Waals surface area contributed by atoms with Gasteiger partial charge in [-0.2, -0.15) is 5.06 Å². The molecule has 1 aliphatic rings. The Bertz CT molecular complexity index is 470. The predicted molar refractivity (Wildman–Crippen MR) is 64.9 cm³/mol. The Kier molecular flexibility index (Phi) is 3.97. The standard InChI is InChI=1S/C11H17NO5S/c1-8(18(15,16)11(2,3)4)7-17-12-9(13)5-6-10(12)14/h1,5-7H2,2-4H3. The minimum atomic E-state index is -3.57. The van der Waals surface area contributed by atoms with Crippen LogP contribution in [0, 0.1) is 0 Å². The van der Waals surface area contributed by atoms with Crippen LogP contribution in [0.15, 0.2) is 11.5 Å². The van der Waals surface area contributed by atoms with Gasteiger partial charge in [-0.15, -0.1) is 0 Å². The second kappa shape index (κ2) is 4.81. The number of carbonyl (C=O) groups is 2. The highest BCUT2D eigenvalue weighted by Gasteiger charge is 2.34. The Morgan fingerprint density at radius 1 is 1.28 bits per heavy atom. The van der Waals surface area contributed by atoms with E-state index >= 15 is 0 Å². The maximum atomic E-state index is 12.0. The van der Waals surface area contributed by atoms with Crippen molar-refractivity contribution in [3.63, 3.8) is 0 Å². The van der Waals surface area contributed by atoms with Gasteiger partial charge in [0.05, 0.1) is 9.65 Å². The van der Waals surface area contributed by atoms with Crippen LogP contribution in [0.25, 0.3) is 0 Å². The van der Waals surface area contributed by atoms with Crippen LogP contribution in [0.3, 0.4) is 0 Å². The maximum Gasteiger partial charge on any atom is 0.254 e. The van der Waals surface area contributed by atoms with E-state index in [9.17, 15) is 18.0 Å². The zero-order valence-corrected chi connectivity index (χ0v) is 11.5. The van der Waals surface area contributed by atoms with E-state index in [2.05, 4.69) is 6.58 Å². The number of imide groups is 1. The van der Waals surface area contributed by atoms with E-state index < -0.39 is 33.0 Å². The molecule has 6 nitrogen and oxygen atoms in total. The average Bonchev–Trinajstić information content (AvgIpc) is 2.54. The van der Waals surface area contributed by atoms with E-state index in [0.29, 0.717) is 5.06 Å². The normalized spacial score (nSPS) is 17.4. The Morgan fingerprint density at radius 3 is 2.11 bits per heavy atom. The fourth-order valence-corrected chi connectivity index (χ4v) is 2.42. The van der Waals surface area contributed by atoms with Crippen molar-refractivity contribution in [2.45, 2.75) is 38.4 Å². The molecule has 18 heavy (non-hydrogen) atoms. The van der Waals surface area contributed by atoms with Crippen LogP contribution < -0.4 is 0 Å². The molecule has 0 aromatic rings. The lowest BCUT2D eigenvalue weighted by Gasteiger charge is -2.21. The quantitative estimate of drug-likeness (QED) is 0.709. The zero-order chi connectivity index (χ0) is 14.1. The smallest absolute Gasteiger partial charge is 0.254 e. The summed E-state index contributed by atoms with van der Waals surface area (Å²) in [6.45, 7) is 7.67. The summed E-state index contributed by atoms with van der Waals surface area (Å²) in [5, 5.41) is 0.614. The molecule has 7 heteroatoms. The lowest BCUT2D eigenvalue weighted by molar-refractivity contribution is -0.184. The Hall–Kier alpha value is -1.21. The Labute approximate surface area is 106 Å². The van der Waals surface area contributed by atoms with Crippen molar-refractivity contribution in [3.8, 4) is 0 Å². The van der Waals surface area contributed by atoms with Crippen LogP contribution in [0.5, 0.6) is 0 Å². The molecule has 0 aromatic carbocycles. The second-order valence-electron chi connectivity index (χ2n) is 5.01. The third-order valence-electron chi connectivity index (χ3n) is 2.55. The van der Waals surface area contributed by atoms with Crippen molar-refractivity contribution in [1.82, 2.24) is 5.06 Å². The molecule has 1 fully saturated rings. The molecule has 0 aromatic heterocycles. The predicted octanol–water partition coefficient (Wildman–Crippen LogP) is 0.794. The molecule has 1 saturated heterocycles. The fraction of sp³-hybridized carbons (Fsp3) is 0.636. The van der Waals surface area contributed by atoms with Crippen LogP contribution >= 0.6 is 0 Å². The first-order valence-corrected chi connectivity index (χ1v) is 6.97. The van der Waals surface area contributed by atoms with Gasteiger partial charge in [0.1, 0.15) is 6.61 Å². The number of sulfone groups is 1. The van der Waals surface area contributed by atoms with E-state index in [-0.39, 0.29) is 17.7 Å². The van der Waals surface area contributed by atoms with Crippen molar-refractivity contribution < 1.29 is 22.8 Å². The summed E-state index contributed by atoms with van der Waals surface area (Å²) in [5.74, 6) is -0.915. The number of hydroxylamine groups is 2. The molecule has 1 rings (SSSR count). The summed E-state index contributed by atoms with van der Waals surface area (Å²) in [7, 11) is -3.57. The fourth-order valence-electron chi connectivity index (χ4n) is 1.35. The molecule has 0 bridgehead atoms. The van der Waals surface area contributed by atoms with Gasteiger partial charge in [0.15, 0.2) is 9.84 Å². The van der Waals surface area contributed by atoms with Crippen molar-refractivity contribution in [3.05, 3.63) is 11.5 Å². The lowest BCUT2D eigenvalue weighted by atomic mass is 10.3. The third-order valence-corrected chi connectivity index (χ3v) is 5.04. The van der Waals surface area contributed by atoms with Crippen LogP contribution in [-0.2, 0) is 24.3 Å². The molecule has 0 radical (unpaired) electrons. The number of carbonyl (C=O) groups excluding carboxylic acids is 2. The number of hydrogen-bond donors (Lipinski definition) is 0. The number of amides is 2. The van der Waals surface area contributed by atoms with Crippen LogP contribution in [0.2, 0.25) is 0 Å². The molecule has 0 N–H and O–H groups in total. The van der Waals surface area contributed by atoms with Gasteiger partial charge in [-0.1, -0.05) is 6.58 Å². The van der Waals surface area contributed by atoms with Crippen LogP contribution in [0.1, 0.15) is 33.6 Å². The van der Waals surface area contributed by atoms with Crippen molar-refractivity contribution >= 4 is 21.7 Å². The Morgan fingerprint density at radius 2 is 1.72 bits per heavy atom. The minimum Gasteiger partial charge on any atom is -0.272 e. The van der Waals surface area contributed by atoms with Crippen molar-refractivity contribution in [2.24, 2.45) is 0 Å². The summed E-state index contributed by atoms with van der Waals surface area (Å²) < 4.78 is 22.9. The van der Waals surface area contributed by atoms with E-state index in [4.69, 9.17) is 4.84 Å². The van der Waals surface area contributed by atoms with Gasteiger partial charge in [0, 0.05) is 12.8 Å². The number of rotatable bonds is 4. The second-order valence-corrected chi connectivity index (χ2v) is 7.82. The summed E-state index contributed by atoms with van der Waals surface area (Å²) in [6.07, 6.45) is 0.189. The highest BCUT2D eigenvalue weighted by Crippen LogP contribution is 2.23. The minimum absolute atomic E-state index is 0.0946. The lowest BCUT2D eigenvalue weighted by Crippen LogP contribution is -2.34. The first kappa shape index (κ1) is 14.8. The van der Waals surface area contributed by atoms with Gasteiger partial charge in [0.2, 0.25) is 0 Å². The van der Waals surface area contributed by atoms with Gasteiger partial charge in [0.25, 0.3) is 11.8 Å². The van der Waals surface area contributed by atoms with E-state index in [1.54, 1.807) is 20.8 Å². The Balaban J connectivity index is 2.68. The molecule has 0 saturated carbocycles. The van der Waals surface area contributed by atoms with Gasteiger partial charge in [-0.05, 0) is 20.8 Å². The van der Waals surface area contributed by atoms with Gasteiger partial charge in [-0.3, -0.25) is 14.4 Å². The highest BCUT2D eigenvalue weighted by atomic mass is 32.2. The molecule has 0 aliphatic carbocycles. The summed E-state index contributed by atoms with van der Waals surface area (Å²) in [4.78, 5) is 27.3. The molecule has 1 heterocycles. The van der Waals surface area contributed by atoms with Crippen molar-refractivity contribution in [2.75, 3.05) is 6.61 Å². The first-order chi connectivity index (χ1) is 8.07. The summed E-state index contributed by atoms with van der Waals surface area (Å²) in [5.41, 5.74) is 0. The molecule has 0 unspecified atom stereocenters. The maximum absolute atomic E-state index is 12.0. The summed E-state index contributed by atoms with van der Waals surface area (Å²) >= 11 is 0. The van der Waals surface area contributed by atoms with Gasteiger partial charge in [-0.25, -0.2) is 8.42 Å². The first-order valence-electron chi connectivity index (χ1n) is 5.48. The van der Waals surface area contributed by atoms with Crippen LogP contribution in [-0.4, -0.2) is 36.6 Å². The van der Waals surface area contributed by atoms with Gasteiger partial charge < -0.3 is 0 Å². The largest absolute Gasteiger partial charge is 0.272 e. The van der Waals surface area contributed by atoms with Crippen LogP contribution in [0.4, 0.5) is 0 Å². The molecular weight excluding hydrogens is 258 g/mol. The third kappa shape index (κ3) is 2.78. The highest BCUT2D eigenvalue weighted by molar-refractivity contribution is 7.96. The zero-order valence-electron chi connectivity index (χ0n) is 10.7. The van der Waals surface area contributed by atoms with Gasteiger partial charge >= 0.3 is 0 Å². The molecular formula is C11H17NO5S. The molecule has 0 spiro atoms. The molecule has 2 amide bonds. The molecule has 0 atom stereocenters. The number of hydrogen-bond acceptors (Lipinski definition) is 5. The monoisotopic (exact) mass is 275 g/mol. The number of nitrogens with zero attached hydrogens (tertiary/aromatic N) is 1.